The Bertz CT molecular complexity index is 447. The lowest BCUT2D eigenvalue weighted by atomic mass is 9.87. The molecule has 0 aliphatic carbocycles. The van der Waals surface area contributed by atoms with E-state index in [9.17, 15) is 5.11 Å². The minimum absolute atomic E-state index is 0.223. The highest BCUT2D eigenvalue weighted by atomic mass is 16.3. The molecular formula is C17H28N2O. The predicted octanol–water partition coefficient (Wildman–Crippen LogP) is 3.21. The molecule has 1 aliphatic rings. The van der Waals surface area contributed by atoms with Gasteiger partial charge in [-0.2, -0.15) is 0 Å². The summed E-state index contributed by atoms with van der Waals surface area (Å²) in [6.07, 6.45) is 3.67. The van der Waals surface area contributed by atoms with Crippen LogP contribution in [-0.2, 0) is 0 Å². The van der Waals surface area contributed by atoms with E-state index in [0.717, 1.165) is 18.0 Å². The molecule has 1 heterocycles. The highest BCUT2D eigenvalue weighted by Crippen LogP contribution is 2.35. The maximum absolute atomic E-state index is 10.1. The second-order valence-corrected chi connectivity index (χ2v) is 6.16. The Hall–Kier alpha value is -1.06. The summed E-state index contributed by atoms with van der Waals surface area (Å²) in [5.41, 5.74) is 8.21. The van der Waals surface area contributed by atoms with E-state index in [4.69, 9.17) is 5.73 Å². The Morgan fingerprint density at radius 1 is 1.45 bits per heavy atom. The number of phenolic OH excluding ortho intramolecular Hbond substituents is 1. The van der Waals surface area contributed by atoms with E-state index in [1.165, 1.54) is 24.8 Å². The Kier molecular flexibility index (Phi) is 5.06. The van der Waals surface area contributed by atoms with E-state index in [1.54, 1.807) is 6.07 Å². The number of hydrogen-bond acceptors (Lipinski definition) is 3. The van der Waals surface area contributed by atoms with Crippen LogP contribution < -0.4 is 5.73 Å². The van der Waals surface area contributed by atoms with Crippen LogP contribution in [-0.4, -0.2) is 29.1 Å². The monoisotopic (exact) mass is 276 g/mol. The number of hydrogen-bond donors (Lipinski definition) is 2. The highest BCUT2D eigenvalue weighted by molar-refractivity contribution is 5.37. The van der Waals surface area contributed by atoms with E-state index in [1.807, 2.05) is 6.07 Å². The van der Waals surface area contributed by atoms with Crippen molar-refractivity contribution >= 4 is 0 Å². The molecule has 1 aromatic rings. The molecule has 1 aliphatic heterocycles. The molecule has 20 heavy (non-hydrogen) atoms. The van der Waals surface area contributed by atoms with Gasteiger partial charge in [0.25, 0.3) is 0 Å². The number of nitrogens with two attached hydrogens (primary N) is 1. The van der Waals surface area contributed by atoms with Crippen molar-refractivity contribution in [3.05, 3.63) is 29.3 Å². The number of aromatic hydroxyl groups is 1. The number of nitrogens with zero attached hydrogens (tertiary/aromatic N) is 1. The molecule has 1 aromatic carbocycles. The van der Waals surface area contributed by atoms with Crippen molar-refractivity contribution in [2.45, 2.75) is 52.1 Å². The summed E-state index contributed by atoms with van der Waals surface area (Å²) in [7, 11) is 0. The van der Waals surface area contributed by atoms with Crippen LogP contribution in [0.1, 0.15) is 50.3 Å². The zero-order valence-corrected chi connectivity index (χ0v) is 13.0. The number of piperidine rings is 1. The standard InChI is InChI=1S/C17H28N2O/c1-4-14-7-8-19(15(10-14)11-18)13(3)16-9-12(2)5-6-17(16)20/h5-6,9,13-15,20H,4,7-8,10-11,18H2,1-3H3. The van der Waals surface area contributed by atoms with E-state index in [-0.39, 0.29) is 6.04 Å². The first kappa shape index (κ1) is 15.3. The number of aryl methyl sites for hydroxylation is 1. The maximum Gasteiger partial charge on any atom is 0.120 e. The Labute approximate surface area is 122 Å². The topological polar surface area (TPSA) is 49.5 Å². The fraction of sp³-hybridized carbons (Fsp3) is 0.647. The molecule has 0 radical (unpaired) electrons. The van der Waals surface area contributed by atoms with E-state index >= 15 is 0 Å². The van der Waals surface area contributed by atoms with Crippen LogP contribution in [0.2, 0.25) is 0 Å². The molecule has 3 N–H and O–H groups in total. The first-order valence-electron chi connectivity index (χ1n) is 7.82. The number of likely N-dealkylation sites (tertiary alicyclic amines) is 1. The highest BCUT2D eigenvalue weighted by Gasteiger charge is 2.31. The largest absolute Gasteiger partial charge is 0.508 e. The molecule has 0 amide bonds. The number of rotatable bonds is 4. The summed E-state index contributed by atoms with van der Waals surface area (Å²) >= 11 is 0. The van der Waals surface area contributed by atoms with Gasteiger partial charge >= 0.3 is 0 Å². The fourth-order valence-electron chi connectivity index (χ4n) is 3.45. The summed E-state index contributed by atoms with van der Waals surface area (Å²) in [6.45, 7) is 8.30. The summed E-state index contributed by atoms with van der Waals surface area (Å²) in [5, 5.41) is 10.1. The van der Waals surface area contributed by atoms with Crippen LogP contribution >= 0.6 is 0 Å². The second-order valence-electron chi connectivity index (χ2n) is 6.16. The average molecular weight is 276 g/mol. The van der Waals surface area contributed by atoms with Gasteiger partial charge in [-0.25, -0.2) is 0 Å². The van der Waals surface area contributed by atoms with Gasteiger partial charge in [0, 0.05) is 24.2 Å². The third-order valence-electron chi connectivity index (χ3n) is 4.85. The summed E-state index contributed by atoms with van der Waals surface area (Å²) < 4.78 is 0. The molecule has 0 aromatic heterocycles. The van der Waals surface area contributed by atoms with Crippen LogP contribution in [0, 0.1) is 12.8 Å². The molecule has 0 bridgehead atoms. The molecule has 2 rings (SSSR count). The first-order chi connectivity index (χ1) is 9.56. The molecule has 1 fully saturated rings. The van der Waals surface area contributed by atoms with Gasteiger partial charge in [-0.05, 0) is 45.2 Å². The van der Waals surface area contributed by atoms with Crippen molar-refractivity contribution < 1.29 is 5.11 Å². The van der Waals surface area contributed by atoms with Crippen molar-refractivity contribution in [1.29, 1.82) is 0 Å². The van der Waals surface area contributed by atoms with Crippen LogP contribution in [0.4, 0.5) is 0 Å². The average Bonchev–Trinajstić information content (AvgIpc) is 2.48. The zero-order chi connectivity index (χ0) is 14.7. The minimum atomic E-state index is 0.223. The van der Waals surface area contributed by atoms with Crippen LogP contribution in [0.5, 0.6) is 5.75 Å². The van der Waals surface area contributed by atoms with Crippen molar-refractivity contribution in [3.8, 4) is 5.75 Å². The zero-order valence-electron chi connectivity index (χ0n) is 13.0. The molecule has 3 heteroatoms. The normalized spacial score (nSPS) is 25.6. The first-order valence-corrected chi connectivity index (χ1v) is 7.82. The van der Waals surface area contributed by atoms with Gasteiger partial charge in [-0.1, -0.05) is 31.0 Å². The summed E-state index contributed by atoms with van der Waals surface area (Å²) in [6, 6.07) is 6.51. The molecule has 3 atom stereocenters. The lowest BCUT2D eigenvalue weighted by Gasteiger charge is -2.42. The summed E-state index contributed by atoms with van der Waals surface area (Å²) in [5.74, 6) is 1.20. The number of benzene rings is 1. The van der Waals surface area contributed by atoms with Crippen molar-refractivity contribution in [1.82, 2.24) is 4.90 Å². The Morgan fingerprint density at radius 2 is 2.20 bits per heavy atom. The maximum atomic E-state index is 10.1. The van der Waals surface area contributed by atoms with Gasteiger partial charge in [0.2, 0.25) is 0 Å². The second kappa shape index (κ2) is 6.59. The summed E-state index contributed by atoms with van der Waals surface area (Å²) in [4.78, 5) is 2.47. The van der Waals surface area contributed by atoms with E-state index in [0.29, 0.717) is 18.3 Å². The van der Waals surface area contributed by atoms with E-state index < -0.39 is 0 Å². The predicted molar refractivity (Wildman–Crippen MR) is 83.8 cm³/mol. The molecule has 3 nitrogen and oxygen atoms in total. The molecule has 0 spiro atoms. The van der Waals surface area contributed by atoms with E-state index in [2.05, 4.69) is 31.7 Å². The van der Waals surface area contributed by atoms with Gasteiger partial charge in [0.05, 0.1) is 0 Å². The van der Waals surface area contributed by atoms with Gasteiger partial charge in [-0.3, -0.25) is 4.90 Å². The van der Waals surface area contributed by atoms with Crippen LogP contribution in [0.3, 0.4) is 0 Å². The van der Waals surface area contributed by atoms with Gasteiger partial charge in [0.1, 0.15) is 5.75 Å². The SMILES string of the molecule is CCC1CCN(C(C)c2cc(C)ccc2O)C(CN)C1. The molecular weight excluding hydrogens is 248 g/mol. The lowest BCUT2D eigenvalue weighted by Crippen LogP contribution is -2.47. The van der Waals surface area contributed by atoms with Crippen molar-refractivity contribution in [2.75, 3.05) is 13.1 Å². The number of phenols is 1. The molecule has 0 saturated carbocycles. The third-order valence-corrected chi connectivity index (χ3v) is 4.85. The lowest BCUT2D eigenvalue weighted by molar-refractivity contribution is 0.0762. The fourth-order valence-corrected chi connectivity index (χ4v) is 3.45. The molecule has 112 valence electrons. The molecule has 1 saturated heterocycles. The van der Waals surface area contributed by atoms with Gasteiger partial charge in [-0.15, -0.1) is 0 Å². The third kappa shape index (κ3) is 3.15. The molecule has 3 unspecified atom stereocenters. The van der Waals surface area contributed by atoms with Crippen molar-refractivity contribution in [2.24, 2.45) is 11.7 Å². The van der Waals surface area contributed by atoms with Gasteiger partial charge in [0.15, 0.2) is 0 Å². The Balaban J connectivity index is 2.19. The van der Waals surface area contributed by atoms with Crippen LogP contribution in [0.25, 0.3) is 0 Å². The van der Waals surface area contributed by atoms with Crippen molar-refractivity contribution in [3.63, 3.8) is 0 Å². The minimum Gasteiger partial charge on any atom is -0.508 e. The van der Waals surface area contributed by atoms with Gasteiger partial charge < -0.3 is 10.8 Å². The smallest absolute Gasteiger partial charge is 0.120 e. The quantitative estimate of drug-likeness (QED) is 0.888. The van der Waals surface area contributed by atoms with Crippen LogP contribution in [0.15, 0.2) is 18.2 Å². The Morgan fingerprint density at radius 3 is 2.85 bits per heavy atom.